The van der Waals surface area contributed by atoms with Crippen molar-refractivity contribution in [1.82, 2.24) is 10.2 Å². The zero-order valence-corrected chi connectivity index (χ0v) is 15.2. The Morgan fingerprint density at radius 1 is 1.08 bits per heavy atom. The van der Waals surface area contributed by atoms with Gasteiger partial charge in [-0.3, -0.25) is 4.79 Å². The molecule has 2 amide bonds. The van der Waals surface area contributed by atoms with Gasteiger partial charge in [-0.15, -0.1) is 0 Å². The third-order valence-corrected chi connectivity index (χ3v) is 4.87. The lowest BCUT2D eigenvalue weighted by Crippen LogP contribution is -2.45. The summed E-state index contributed by atoms with van der Waals surface area (Å²) in [6, 6.07) is 11.9. The highest BCUT2D eigenvalue weighted by Crippen LogP contribution is 2.22. The van der Waals surface area contributed by atoms with Crippen LogP contribution in [0, 0.1) is 5.92 Å². The lowest BCUT2D eigenvalue weighted by molar-refractivity contribution is -0.146. The molecule has 0 atom stereocenters. The van der Waals surface area contributed by atoms with E-state index in [1.807, 2.05) is 30.3 Å². The lowest BCUT2D eigenvalue weighted by atomic mass is 9.97. The van der Waals surface area contributed by atoms with Crippen molar-refractivity contribution in [3.05, 3.63) is 42.0 Å². The zero-order valence-electron chi connectivity index (χ0n) is 15.2. The van der Waals surface area contributed by atoms with Gasteiger partial charge in [-0.05, 0) is 47.4 Å². The molecule has 1 heterocycles. The molecule has 0 unspecified atom stereocenters. The van der Waals surface area contributed by atoms with Gasteiger partial charge in [-0.2, -0.15) is 0 Å². The molecule has 0 bridgehead atoms. The fourth-order valence-corrected chi connectivity index (χ4v) is 3.28. The topological polar surface area (TPSA) is 67.9 Å². The van der Waals surface area contributed by atoms with Crippen molar-refractivity contribution < 1.29 is 19.1 Å². The number of methoxy groups -OCH3 is 2. The number of rotatable bonds is 4. The number of nitrogens with zero attached hydrogens (tertiary/aromatic N) is 1. The Morgan fingerprint density at radius 2 is 1.77 bits per heavy atom. The summed E-state index contributed by atoms with van der Waals surface area (Å²) >= 11 is 0. The number of likely N-dealkylation sites (tertiary alicyclic amines) is 1. The maximum atomic E-state index is 12.3. The second kappa shape index (κ2) is 8.08. The van der Waals surface area contributed by atoms with E-state index < -0.39 is 0 Å². The molecule has 2 aromatic carbocycles. The average molecular weight is 356 g/mol. The number of nitrogens with one attached hydrogen (secondary N) is 1. The molecule has 0 aliphatic carbocycles. The summed E-state index contributed by atoms with van der Waals surface area (Å²) in [6.45, 7) is 1.62. The van der Waals surface area contributed by atoms with Crippen LogP contribution in [0.25, 0.3) is 10.8 Å². The summed E-state index contributed by atoms with van der Waals surface area (Å²) in [5.41, 5.74) is 1.04. The van der Waals surface area contributed by atoms with Crippen molar-refractivity contribution in [3.8, 4) is 5.75 Å². The molecule has 2 aromatic rings. The van der Waals surface area contributed by atoms with Crippen LogP contribution in [-0.4, -0.2) is 44.2 Å². The van der Waals surface area contributed by atoms with Gasteiger partial charge >= 0.3 is 12.0 Å². The first kappa shape index (κ1) is 18.0. The van der Waals surface area contributed by atoms with Crippen LogP contribution in [0.15, 0.2) is 36.4 Å². The largest absolute Gasteiger partial charge is 0.497 e. The van der Waals surface area contributed by atoms with Gasteiger partial charge in [0.25, 0.3) is 0 Å². The second-order valence-corrected chi connectivity index (χ2v) is 6.49. The van der Waals surface area contributed by atoms with Crippen molar-refractivity contribution in [2.24, 2.45) is 5.92 Å². The number of fused-ring (bicyclic) bond motifs is 1. The Balaban J connectivity index is 1.55. The number of urea groups is 1. The maximum absolute atomic E-state index is 12.3. The van der Waals surface area contributed by atoms with E-state index in [0.29, 0.717) is 32.5 Å². The molecule has 26 heavy (non-hydrogen) atoms. The monoisotopic (exact) mass is 356 g/mol. The average Bonchev–Trinajstić information content (AvgIpc) is 2.70. The van der Waals surface area contributed by atoms with E-state index in [1.165, 1.54) is 7.11 Å². The summed E-state index contributed by atoms with van der Waals surface area (Å²) in [5.74, 6) is 0.549. The van der Waals surface area contributed by atoms with Gasteiger partial charge in [0.15, 0.2) is 0 Å². The standard InChI is InChI=1S/C20H24N2O4/c1-25-18-6-5-16-11-14(3-4-17(16)12-18)13-21-20(24)22-9-7-15(8-10-22)19(23)26-2/h3-6,11-12,15H,7-10,13H2,1-2H3,(H,21,24). The molecule has 1 aliphatic rings. The second-order valence-electron chi connectivity index (χ2n) is 6.49. The molecule has 1 N–H and O–H groups in total. The van der Waals surface area contributed by atoms with Crippen molar-refractivity contribution >= 4 is 22.8 Å². The molecule has 138 valence electrons. The van der Waals surface area contributed by atoms with Gasteiger partial charge < -0.3 is 19.7 Å². The van der Waals surface area contributed by atoms with Gasteiger partial charge in [0.05, 0.1) is 20.1 Å². The third-order valence-electron chi connectivity index (χ3n) is 4.87. The van der Waals surface area contributed by atoms with E-state index in [-0.39, 0.29) is 17.9 Å². The Kier molecular flexibility index (Phi) is 5.61. The fourth-order valence-electron chi connectivity index (χ4n) is 3.28. The first-order chi connectivity index (χ1) is 12.6. The Morgan fingerprint density at radius 3 is 2.46 bits per heavy atom. The first-order valence-electron chi connectivity index (χ1n) is 8.78. The van der Waals surface area contributed by atoms with Crippen molar-refractivity contribution in [2.75, 3.05) is 27.3 Å². The summed E-state index contributed by atoms with van der Waals surface area (Å²) in [5, 5.41) is 5.17. The Bertz CT molecular complexity index is 797. The molecule has 0 radical (unpaired) electrons. The molecule has 1 aliphatic heterocycles. The molecule has 6 nitrogen and oxygen atoms in total. The molecule has 0 spiro atoms. The van der Waals surface area contributed by atoms with E-state index in [0.717, 1.165) is 22.1 Å². The molecule has 1 saturated heterocycles. The highest BCUT2D eigenvalue weighted by Gasteiger charge is 2.27. The molecule has 3 rings (SSSR count). The first-order valence-corrected chi connectivity index (χ1v) is 8.78. The quantitative estimate of drug-likeness (QED) is 0.856. The van der Waals surface area contributed by atoms with E-state index in [1.54, 1.807) is 12.0 Å². The molecule has 1 fully saturated rings. The van der Waals surface area contributed by atoms with E-state index in [9.17, 15) is 9.59 Å². The predicted octanol–water partition coefficient (Wildman–Crippen LogP) is 2.94. The van der Waals surface area contributed by atoms with Gasteiger partial charge in [-0.25, -0.2) is 4.79 Å². The molecule has 0 aromatic heterocycles. The minimum atomic E-state index is -0.183. The molecule has 0 saturated carbocycles. The van der Waals surface area contributed by atoms with Crippen LogP contribution in [-0.2, 0) is 16.1 Å². The van der Waals surface area contributed by atoms with Gasteiger partial charge in [-0.1, -0.05) is 18.2 Å². The number of ether oxygens (including phenoxy) is 2. The van der Waals surface area contributed by atoms with Crippen molar-refractivity contribution in [2.45, 2.75) is 19.4 Å². The minimum absolute atomic E-state index is 0.0943. The number of carbonyl (C=O) groups excluding carboxylic acids is 2. The van der Waals surface area contributed by atoms with E-state index in [2.05, 4.69) is 11.4 Å². The number of esters is 1. The summed E-state index contributed by atoms with van der Waals surface area (Å²) < 4.78 is 10.0. The smallest absolute Gasteiger partial charge is 0.317 e. The van der Waals surface area contributed by atoms with Crippen LogP contribution in [0.1, 0.15) is 18.4 Å². The summed E-state index contributed by atoms with van der Waals surface area (Å²) in [7, 11) is 3.06. The van der Waals surface area contributed by atoms with Gasteiger partial charge in [0.2, 0.25) is 0 Å². The predicted molar refractivity (Wildman–Crippen MR) is 99.0 cm³/mol. The summed E-state index contributed by atoms with van der Waals surface area (Å²) in [4.78, 5) is 25.7. The number of hydrogen-bond acceptors (Lipinski definition) is 4. The summed E-state index contributed by atoms with van der Waals surface area (Å²) in [6.07, 6.45) is 1.30. The van der Waals surface area contributed by atoms with Crippen LogP contribution in [0.5, 0.6) is 5.75 Å². The van der Waals surface area contributed by atoms with Crippen LogP contribution >= 0.6 is 0 Å². The van der Waals surface area contributed by atoms with Crippen molar-refractivity contribution in [1.29, 1.82) is 0 Å². The lowest BCUT2D eigenvalue weighted by Gasteiger charge is -2.30. The van der Waals surface area contributed by atoms with E-state index >= 15 is 0 Å². The van der Waals surface area contributed by atoms with Gasteiger partial charge in [0, 0.05) is 19.6 Å². The van der Waals surface area contributed by atoms with Crippen LogP contribution in [0.3, 0.4) is 0 Å². The number of hydrogen-bond donors (Lipinski definition) is 1. The number of piperidine rings is 1. The molecule has 6 heteroatoms. The van der Waals surface area contributed by atoms with E-state index in [4.69, 9.17) is 9.47 Å². The third kappa shape index (κ3) is 4.07. The normalized spacial score (nSPS) is 14.9. The zero-order chi connectivity index (χ0) is 18.5. The highest BCUT2D eigenvalue weighted by atomic mass is 16.5. The maximum Gasteiger partial charge on any atom is 0.317 e. The fraction of sp³-hybridized carbons (Fsp3) is 0.400. The SMILES string of the molecule is COC(=O)C1CCN(C(=O)NCc2ccc3cc(OC)ccc3c2)CC1. The Hall–Kier alpha value is -2.76. The minimum Gasteiger partial charge on any atom is -0.497 e. The van der Waals surface area contributed by atoms with Crippen LogP contribution in [0.2, 0.25) is 0 Å². The molecular weight excluding hydrogens is 332 g/mol. The number of benzene rings is 2. The van der Waals surface area contributed by atoms with Crippen molar-refractivity contribution in [3.63, 3.8) is 0 Å². The van der Waals surface area contributed by atoms with Crippen LogP contribution < -0.4 is 10.1 Å². The molecular formula is C20H24N2O4. The number of amides is 2. The Labute approximate surface area is 153 Å². The number of carbonyl (C=O) groups is 2. The van der Waals surface area contributed by atoms with Gasteiger partial charge in [0.1, 0.15) is 5.75 Å². The highest BCUT2D eigenvalue weighted by molar-refractivity contribution is 5.84. The van der Waals surface area contributed by atoms with Crippen LogP contribution in [0.4, 0.5) is 4.79 Å².